The van der Waals surface area contributed by atoms with Crippen LogP contribution in [0.2, 0.25) is 8.67 Å². The minimum absolute atomic E-state index is 0.00996. The van der Waals surface area contributed by atoms with Gasteiger partial charge in [0.15, 0.2) is 0 Å². The Morgan fingerprint density at radius 2 is 1.90 bits per heavy atom. The summed E-state index contributed by atoms with van der Waals surface area (Å²) in [6.07, 6.45) is 5.77. The van der Waals surface area contributed by atoms with E-state index in [0.29, 0.717) is 0 Å². The van der Waals surface area contributed by atoms with Crippen LogP contribution < -0.4 is 4.72 Å². The van der Waals surface area contributed by atoms with Crippen LogP contribution in [0.3, 0.4) is 0 Å². The van der Waals surface area contributed by atoms with Gasteiger partial charge < -0.3 is 14.6 Å². The maximum Gasteiger partial charge on any atom is 0.341 e. The summed E-state index contributed by atoms with van der Waals surface area (Å²) in [5.74, 6) is -1.15. The predicted octanol–water partition coefficient (Wildman–Crippen LogP) is 5.83. The molecule has 1 aliphatic carbocycles. The van der Waals surface area contributed by atoms with Crippen molar-refractivity contribution < 1.29 is 27.8 Å². The number of hydrogen-bond donors (Lipinski definition) is 2. The number of benzene rings is 1. The molecule has 1 saturated carbocycles. The van der Waals surface area contributed by atoms with Gasteiger partial charge in [0, 0.05) is 6.07 Å². The van der Waals surface area contributed by atoms with E-state index >= 15 is 0 Å². The van der Waals surface area contributed by atoms with Crippen molar-refractivity contribution in [2.75, 3.05) is 17.9 Å². The van der Waals surface area contributed by atoms with Crippen molar-refractivity contribution in [2.24, 2.45) is 0 Å². The molecule has 2 aromatic rings. The second kappa shape index (κ2) is 10.7. The summed E-state index contributed by atoms with van der Waals surface area (Å²) in [5.41, 5.74) is -0.0432. The number of rotatable bonds is 8. The SMILES string of the molecule is O=C(OCCOC1CCCCC1)c1ccc(NS(=O)(=O)c2c(Cl)sc(Cl)c2Br)cc1O. The van der Waals surface area contributed by atoms with Gasteiger partial charge in [-0.25, -0.2) is 13.2 Å². The van der Waals surface area contributed by atoms with E-state index < -0.39 is 21.7 Å². The molecule has 1 fully saturated rings. The molecule has 1 aromatic carbocycles. The zero-order valence-corrected chi connectivity index (χ0v) is 20.9. The minimum atomic E-state index is -4.08. The average Bonchev–Trinajstić information content (AvgIpc) is 2.97. The number of thiophene rings is 1. The Bertz CT molecular complexity index is 1050. The lowest BCUT2D eigenvalue weighted by Gasteiger charge is -2.21. The van der Waals surface area contributed by atoms with Gasteiger partial charge in [0.25, 0.3) is 10.0 Å². The number of nitrogens with one attached hydrogen (secondary N) is 1. The van der Waals surface area contributed by atoms with Crippen LogP contribution in [-0.2, 0) is 19.5 Å². The molecule has 0 atom stereocenters. The first kappa shape index (κ1) is 24.6. The fourth-order valence-corrected chi connectivity index (χ4v) is 7.81. The van der Waals surface area contributed by atoms with Crippen molar-refractivity contribution in [3.63, 3.8) is 0 Å². The van der Waals surface area contributed by atoms with Crippen LogP contribution in [0.15, 0.2) is 27.6 Å². The molecule has 0 bridgehead atoms. The topological polar surface area (TPSA) is 102 Å². The first-order valence-corrected chi connectivity index (χ1v) is 13.3. The van der Waals surface area contributed by atoms with Crippen LogP contribution in [0.5, 0.6) is 5.75 Å². The molecule has 7 nitrogen and oxygen atoms in total. The quantitative estimate of drug-likeness (QED) is 0.305. The summed E-state index contributed by atoms with van der Waals surface area (Å²) in [7, 11) is -4.08. The van der Waals surface area contributed by atoms with Crippen molar-refractivity contribution in [1.29, 1.82) is 0 Å². The van der Waals surface area contributed by atoms with E-state index in [0.717, 1.165) is 43.1 Å². The highest BCUT2D eigenvalue weighted by Gasteiger charge is 2.27. The smallest absolute Gasteiger partial charge is 0.341 e. The largest absolute Gasteiger partial charge is 0.507 e. The Hall–Kier alpha value is -1.04. The van der Waals surface area contributed by atoms with Crippen LogP contribution in [0.1, 0.15) is 42.5 Å². The first-order valence-electron chi connectivity index (χ1n) is 9.47. The molecule has 3 rings (SSSR count). The number of hydrogen-bond acceptors (Lipinski definition) is 7. The number of ether oxygens (including phenoxy) is 2. The fourth-order valence-electron chi connectivity index (χ4n) is 3.20. The van der Waals surface area contributed by atoms with Gasteiger partial charge in [0.1, 0.15) is 31.5 Å². The van der Waals surface area contributed by atoms with E-state index in [1.54, 1.807) is 0 Å². The summed E-state index contributed by atoms with van der Waals surface area (Å²) in [6.45, 7) is 0.350. The Morgan fingerprint density at radius 1 is 1.19 bits per heavy atom. The summed E-state index contributed by atoms with van der Waals surface area (Å²) in [4.78, 5) is 12.0. The number of aromatic hydroxyl groups is 1. The van der Waals surface area contributed by atoms with E-state index in [1.165, 1.54) is 18.6 Å². The number of carbonyl (C=O) groups is 1. The van der Waals surface area contributed by atoms with Gasteiger partial charge in [-0.1, -0.05) is 42.5 Å². The molecule has 1 aliphatic rings. The van der Waals surface area contributed by atoms with Gasteiger partial charge in [-0.3, -0.25) is 4.72 Å². The Kier molecular flexibility index (Phi) is 8.51. The Morgan fingerprint density at radius 3 is 2.52 bits per heavy atom. The number of phenols is 1. The first-order chi connectivity index (χ1) is 14.7. The second-order valence-corrected chi connectivity index (χ2v) is 11.5. The van der Waals surface area contributed by atoms with E-state index in [4.69, 9.17) is 32.7 Å². The van der Waals surface area contributed by atoms with Gasteiger partial charge in [0.05, 0.1) is 22.9 Å². The highest BCUT2D eigenvalue weighted by atomic mass is 79.9. The standard InChI is InChI=1S/C19H20BrCl2NO6S2/c20-15-16(18(22)30-17(15)21)31(26,27)23-11-6-7-13(14(24)10-11)19(25)29-9-8-28-12-4-2-1-3-5-12/h6-7,10,12,23-24H,1-5,8-9H2. The zero-order valence-electron chi connectivity index (χ0n) is 16.2. The van der Waals surface area contributed by atoms with E-state index in [2.05, 4.69) is 20.7 Å². The Balaban J connectivity index is 1.59. The third-order valence-corrected chi connectivity index (χ3v) is 9.54. The van der Waals surface area contributed by atoms with Gasteiger partial charge >= 0.3 is 5.97 Å². The number of sulfonamides is 1. The highest BCUT2D eigenvalue weighted by Crippen LogP contribution is 2.43. The lowest BCUT2D eigenvalue weighted by molar-refractivity contribution is -0.00516. The lowest BCUT2D eigenvalue weighted by Crippen LogP contribution is -2.20. The van der Waals surface area contributed by atoms with Crippen LogP contribution in [0, 0.1) is 0 Å². The number of phenolic OH excluding ortho intramolecular Hbond substituents is 1. The Labute approximate surface area is 202 Å². The van der Waals surface area contributed by atoms with Crippen molar-refractivity contribution in [3.8, 4) is 5.75 Å². The number of anilines is 1. The molecule has 0 spiro atoms. The predicted molar refractivity (Wildman–Crippen MR) is 124 cm³/mol. The van der Waals surface area contributed by atoms with Gasteiger partial charge in [0.2, 0.25) is 0 Å². The minimum Gasteiger partial charge on any atom is -0.507 e. The molecule has 0 unspecified atom stereocenters. The lowest BCUT2D eigenvalue weighted by atomic mass is 9.98. The van der Waals surface area contributed by atoms with Crippen LogP contribution in [0.4, 0.5) is 5.69 Å². The maximum absolute atomic E-state index is 12.6. The van der Waals surface area contributed by atoms with E-state index in [1.807, 2.05) is 0 Å². The van der Waals surface area contributed by atoms with E-state index in [-0.39, 0.29) is 48.6 Å². The summed E-state index contributed by atoms with van der Waals surface area (Å²) >= 11 is 15.9. The third kappa shape index (κ3) is 6.27. The normalized spacial score (nSPS) is 15.1. The van der Waals surface area contributed by atoms with Crippen LogP contribution in [-0.4, -0.2) is 38.8 Å². The molecular formula is C19H20BrCl2NO6S2. The summed E-state index contributed by atoms with van der Waals surface area (Å²) in [6, 6.07) is 3.72. The molecule has 0 aliphatic heterocycles. The van der Waals surface area contributed by atoms with Crippen LogP contribution in [0.25, 0.3) is 0 Å². The van der Waals surface area contributed by atoms with Crippen LogP contribution >= 0.6 is 50.5 Å². The highest BCUT2D eigenvalue weighted by molar-refractivity contribution is 9.10. The molecule has 170 valence electrons. The van der Waals surface area contributed by atoms with Gasteiger partial charge in [-0.05, 0) is 40.9 Å². The molecule has 2 N–H and O–H groups in total. The van der Waals surface area contributed by atoms with Gasteiger partial charge in [-0.2, -0.15) is 0 Å². The summed E-state index contributed by atoms with van der Waals surface area (Å²) in [5, 5.41) is 10.2. The number of esters is 1. The molecule has 31 heavy (non-hydrogen) atoms. The third-order valence-electron chi connectivity index (χ3n) is 4.69. The monoisotopic (exact) mass is 571 g/mol. The summed E-state index contributed by atoms with van der Waals surface area (Å²) < 4.78 is 38.7. The van der Waals surface area contributed by atoms with Gasteiger partial charge in [-0.15, -0.1) is 11.3 Å². The fraction of sp³-hybridized carbons (Fsp3) is 0.421. The molecule has 0 saturated heterocycles. The molecule has 12 heteroatoms. The van der Waals surface area contributed by atoms with Crippen molar-refractivity contribution >= 4 is 72.1 Å². The van der Waals surface area contributed by atoms with Crippen molar-refractivity contribution in [3.05, 3.63) is 36.9 Å². The maximum atomic E-state index is 12.6. The second-order valence-electron chi connectivity index (χ2n) is 6.90. The molecule has 0 radical (unpaired) electrons. The van der Waals surface area contributed by atoms with Crippen molar-refractivity contribution in [2.45, 2.75) is 43.1 Å². The number of carbonyl (C=O) groups excluding carboxylic acids is 1. The van der Waals surface area contributed by atoms with Crippen molar-refractivity contribution in [1.82, 2.24) is 0 Å². The zero-order chi connectivity index (χ0) is 22.6. The molecule has 1 aromatic heterocycles. The molecule has 0 amide bonds. The van der Waals surface area contributed by atoms with E-state index in [9.17, 15) is 18.3 Å². The molecular weight excluding hydrogens is 553 g/mol. The molecule has 1 heterocycles. The number of halogens is 3. The average molecular weight is 573 g/mol.